The van der Waals surface area contributed by atoms with Crippen LogP contribution in [0.25, 0.3) is 11.5 Å². The van der Waals surface area contributed by atoms with E-state index in [-0.39, 0.29) is 11.1 Å². The maximum Gasteiger partial charge on any atom is 0.249 e. The number of aromatic amines is 1. The van der Waals surface area contributed by atoms with Crippen molar-refractivity contribution in [2.75, 3.05) is 6.54 Å². The molecule has 6 nitrogen and oxygen atoms in total. The number of aromatic nitrogens is 3. The predicted molar refractivity (Wildman–Crippen MR) is 76.4 cm³/mol. The fourth-order valence-corrected chi connectivity index (χ4v) is 1.72. The van der Waals surface area contributed by atoms with Crippen molar-refractivity contribution in [2.24, 2.45) is 0 Å². The van der Waals surface area contributed by atoms with Gasteiger partial charge in [0.15, 0.2) is 0 Å². The van der Waals surface area contributed by atoms with Crippen LogP contribution in [0.2, 0.25) is 0 Å². The minimum Gasteiger partial charge on any atom is -0.421 e. The molecule has 0 aromatic carbocycles. The number of hydrogen-bond acceptors (Lipinski definition) is 5. The summed E-state index contributed by atoms with van der Waals surface area (Å²) in [4.78, 5) is 13.6. The van der Waals surface area contributed by atoms with Crippen LogP contribution in [0, 0.1) is 0 Å². The molecular weight excluding hydrogens is 256 g/mol. The molecule has 0 atom stereocenters. The number of aryl methyl sites for hydroxylation is 1. The van der Waals surface area contributed by atoms with Gasteiger partial charge >= 0.3 is 0 Å². The zero-order valence-electron chi connectivity index (χ0n) is 12.1. The minimum atomic E-state index is -0.151. The van der Waals surface area contributed by atoms with Crippen LogP contribution in [-0.2, 0) is 6.42 Å². The van der Waals surface area contributed by atoms with Gasteiger partial charge in [0.2, 0.25) is 17.3 Å². The van der Waals surface area contributed by atoms with Crippen molar-refractivity contribution in [2.45, 2.75) is 39.2 Å². The van der Waals surface area contributed by atoms with Crippen LogP contribution in [0.1, 0.15) is 33.1 Å². The lowest BCUT2D eigenvalue weighted by Crippen LogP contribution is -2.36. The van der Waals surface area contributed by atoms with Crippen LogP contribution in [0.4, 0.5) is 0 Å². The SMILES string of the molecule is CC(C)(C)NCCCc1nnc(-c2ccc(=O)[nH]c2)o1. The fraction of sp³-hybridized carbons (Fsp3) is 0.500. The molecule has 0 bridgehead atoms. The van der Waals surface area contributed by atoms with Crippen molar-refractivity contribution < 1.29 is 4.42 Å². The van der Waals surface area contributed by atoms with Crippen molar-refractivity contribution >= 4 is 0 Å². The largest absolute Gasteiger partial charge is 0.421 e. The third-order valence-corrected chi connectivity index (χ3v) is 2.72. The lowest BCUT2D eigenvalue weighted by Gasteiger charge is -2.19. The summed E-state index contributed by atoms with van der Waals surface area (Å²) in [7, 11) is 0. The first-order chi connectivity index (χ1) is 9.44. The smallest absolute Gasteiger partial charge is 0.249 e. The Labute approximate surface area is 117 Å². The van der Waals surface area contributed by atoms with Gasteiger partial charge < -0.3 is 14.7 Å². The third-order valence-electron chi connectivity index (χ3n) is 2.72. The number of H-pyrrole nitrogens is 1. The molecule has 0 unspecified atom stereocenters. The molecule has 2 heterocycles. The highest BCUT2D eigenvalue weighted by Gasteiger charge is 2.10. The zero-order chi connectivity index (χ0) is 14.6. The average molecular weight is 276 g/mol. The molecule has 0 aliphatic rings. The number of rotatable bonds is 5. The highest BCUT2D eigenvalue weighted by Crippen LogP contribution is 2.15. The molecule has 0 aliphatic heterocycles. The standard InChI is InChI=1S/C14H20N4O2/c1-14(2,3)16-8-4-5-12-17-18-13(20-12)10-6-7-11(19)15-9-10/h6-7,9,16H,4-5,8H2,1-3H3,(H,15,19). The van der Waals surface area contributed by atoms with Gasteiger partial charge in [0.1, 0.15) is 0 Å². The quantitative estimate of drug-likeness (QED) is 0.813. The van der Waals surface area contributed by atoms with Gasteiger partial charge in [-0.05, 0) is 39.8 Å². The Kier molecular flexibility index (Phi) is 4.34. The maximum absolute atomic E-state index is 11.0. The van der Waals surface area contributed by atoms with E-state index >= 15 is 0 Å². The number of nitrogens with one attached hydrogen (secondary N) is 2. The second kappa shape index (κ2) is 6.00. The summed E-state index contributed by atoms with van der Waals surface area (Å²) in [5.74, 6) is 1.04. The van der Waals surface area contributed by atoms with Crippen LogP contribution < -0.4 is 10.9 Å². The first-order valence-corrected chi connectivity index (χ1v) is 6.70. The Morgan fingerprint density at radius 1 is 1.30 bits per heavy atom. The highest BCUT2D eigenvalue weighted by atomic mass is 16.4. The summed E-state index contributed by atoms with van der Waals surface area (Å²) in [5, 5.41) is 11.4. The van der Waals surface area contributed by atoms with Gasteiger partial charge in [-0.2, -0.15) is 0 Å². The van der Waals surface area contributed by atoms with Crippen molar-refractivity contribution in [1.82, 2.24) is 20.5 Å². The molecule has 0 fully saturated rings. The Balaban J connectivity index is 1.89. The second-order valence-electron chi connectivity index (χ2n) is 5.72. The molecule has 6 heteroatoms. The van der Waals surface area contributed by atoms with Crippen molar-refractivity contribution in [3.63, 3.8) is 0 Å². The Morgan fingerprint density at radius 2 is 2.10 bits per heavy atom. The first kappa shape index (κ1) is 14.5. The summed E-state index contributed by atoms with van der Waals surface area (Å²) in [6.45, 7) is 7.30. The predicted octanol–water partition coefficient (Wildman–Crippen LogP) is 1.75. The van der Waals surface area contributed by atoms with Crippen LogP contribution in [0.15, 0.2) is 27.5 Å². The molecular formula is C14H20N4O2. The first-order valence-electron chi connectivity index (χ1n) is 6.70. The molecule has 0 saturated heterocycles. The third kappa shape index (κ3) is 4.31. The lowest BCUT2D eigenvalue weighted by molar-refractivity contribution is 0.412. The Bertz CT molecular complexity index is 590. The van der Waals surface area contributed by atoms with E-state index in [1.807, 2.05) is 0 Å². The van der Waals surface area contributed by atoms with E-state index in [1.165, 1.54) is 6.07 Å². The highest BCUT2D eigenvalue weighted by molar-refractivity contribution is 5.49. The van der Waals surface area contributed by atoms with E-state index < -0.39 is 0 Å². The van der Waals surface area contributed by atoms with Gasteiger partial charge in [-0.3, -0.25) is 4.79 Å². The molecule has 0 spiro atoms. The molecule has 0 radical (unpaired) electrons. The van der Waals surface area contributed by atoms with Crippen LogP contribution in [0.5, 0.6) is 0 Å². The maximum atomic E-state index is 11.0. The molecule has 2 aromatic rings. The zero-order valence-corrected chi connectivity index (χ0v) is 12.1. The Morgan fingerprint density at radius 3 is 2.75 bits per heavy atom. The Hall–Kier alpha value is -1.95. The van der Waals surface area contributed by atoms with Crippen LogP contribution in [0.3, 0.4) is 0 Å². The molecule has 2 aromatic heterocycles. The molecule has 108 valence electrons. The topological polar surface area (TPSA) is 83.8 Å². The van der Waals surface area contributed by atoms with Crippen LogP contribution >= 0.6 is 0 Å². The monoisotopic (exact) mass is 276 g/mol. The summed E-state index contributed by atoms with van der Waals surface area (Å²) < 4.78 is 5.57. The summed E-state index contributed by atoms with van der Waals surface area (Å²) >= 11 is 0. The summed E-state index contributed by atoms with van der Waals surface area (Å²) in [6.07, 6.45) is 3.24. The van der Waals surface area contributed by atoms with Crippen molar-refractivity contribution in [3.8, 4) is 11.5 Å². The van der Waals surface area contributed by atoms with Gasteiger partial charge in [0.05, 0.1) is 5.56 Å². The van der Waals surface area contributed by atoms with E-state index in [4.69, 9.17) is 4.42 Å². The van der Waals surface area contributed by atoms with Gasteiger partial charge in [-0.15, -0.1) is 10.2 Å². The molecule has 0 aliphatic carbocycles. The van der Waals surface area contributed by atoms with E-state index in [2.05, 4.69) is 41.3 Å². The van der Waals surface area contributed by atoms with Gasteiger partial charge in [-0.1, -0.05) is 0 Å². The normalized spacial score (nSPS) is 11.8. The molecule has 2 rings (SSSR count). The molecule has 0 saturated carbocycles. The summed E-state index contributed by atoms with van der Waals surface area (Å²) in [5.41, 5.74) is 0.688. The number of hydrogen-bond donors (Lipinski definition) is 2. The van der Waals surface area contributed by atoms with E-state index in [9.17, 15) is 4.79 Å². The second-order valence-corrected chi connectivity index (χ2v) is 5.72. The van der Waals surface area contributed by atoms with Crippen LogP contribution in [-0.4, -0.2) is 27.3 Å². The van der Waals surface area contributed by atoms with Gasteiger partial charge in [-0.25, -0.2) is 0 Å². The molecule has 0 amide bonds. The van der Waals surface area contributed by atoms with Crippen molar-refractivity contribution in [3.05, 3.63) is 34.6 Å². The molecule has 20 heavy (non-hydrogen) atoms. The molecule has 2 N–H and O–H groups in total. The minimum absolute atomic E-state index is 0.121. The number of pyridine rings is 1. The van der Waals surface area contributed by atoms with E-state index in [0.717, 1.165) is 24.9 Å². The van der Waals surface area contributed by atoms with Gasteiger partial charge in [0, 0.05) is 24.2 Å². The fourth-order valence-electron chi connectivity index (χ4n) is 1.72. The van der Waals surface area contributed by atoms with Crippen molar-refractivity contribution in [1.29, 1.82) is 0 Å². The summed E-state index contributed by atoms with van der Waals surface area (Å²) in [6, 6.07) is 3.10. The van der Waals surface area contributed by atoms with E-state index in [0.29, 0.717) is 11.8 Å². The lowest BCUT2D eigenvalue weighted by atomic mass is 10.1. The van der Waals surface area contributed by atoms with Gasteiger partial charge in [0.25, 0.3) is 0 Å². The average Bonchev–Trinajstić information content (AvgIpc) is 2.83. The number of nitrogens with zero attached hydrogens (tertiary/aromatic N) is 2. The van der Waals surface area contributed by atoms with E-state index in [1.54, 1.807) is 12.3 Å².